The summed E-state index contributed by atoms with van der Waals surface area (Å²) in [6.45, 7) is 8.66. The van der Waals surface area contributed by atoms with Crippen LogP contribution < -0.4 is 5.32 Å². The topological polar surface area (TPSA) is 21.3 Å². The molecule has 1 aromatic carbocycles. The molecule has 102 valence electrons. The molecule has 0 aliphatic heterocycles. The number of ether oxygens (including phenoxy) is 1. The summed E-state index contributed by atoms with van der Waals surface area (Å²) >= 11 is 0. The van der Waals surface area contributed by atoms with Gasteiger partial charge in [-0.15, -0.1) is 0 Å². The van der Waals surface area contributed by atoms with Gasteiger partial charge in [-0.3, -0.25) is 0 Å². The zero-order valence-electron chi connectivity index (χ0n) is 11.6. The number of benzene rings is 1. The molecule has 0 radical (unpaired) electrons. The van der Waals surface area contributed by atoms with Crippen molar-refractivity contribution in [1.29, 1.82) is 0 Å². The maximum Gasteiger partial charge on any atom is 0.127 e. The number of halogens is 1. The van der Waals surface area contributed by atoms with Gasteiger partial charge in [0, 0.05) is 24.8 Å². The maximum absolute atomic E-state index is 13.5. The van der Waals surface area contributed by atoms with Crippen LogP contribution in [-0.4, -0.2) is 19.8 Å². The summed E-state index contributed by atoms with van der Waals surface area (Å²) in [4.78, 5) is 0. The van der Waals surface area contributed by atoms with Crippen LogP contribution in [0.5, 0.6) is 0 Å². The van der Waals surface area contributed by atoms with Gasteiger partial charge in [0.05, 0.1) is 0 Å². The van der Waals surface area contributed by atoms with Gasteiger partial charge in [-0.2, -0.15) is 0 Å². The summed E-state index contributed by atoms with van der Waals surface area (Å²) in [6, 6.07) is 6.94. The van der Waals surface area contributed by atoms with Crippen molar-refractivity contribution in [2.75, 3.05) is 19.8 Å². The van der Waals surface area contributed by atoms with Crippen LogP contribution >= 0.6 is 0 Å². The molecule has 2 nitrogen and oxygen atoms in total. The molecule has 1 aromatic rings. The summed E-state index contributed by atoms with van der Waals surface area (Å²) in [5.74, 6) is 0.434. The molecule has 0 aliphatic rings. The smallest absolute Gasteiger partial charge is 0.127 e. The number of hydrogen-bond donors (Lipinski definition) is 1. The summed E-state index contributed by atoms with van der Waals surface area (Å²) in [6.07, 6.45) is 0.950. The van der Waals surface area contributed by atoms with Gasteiger partial charge in [0.15, 0.2) is 0 Å². The van der Waals surface area contributed by atoms with Crippen molar-refractivity contribution >= 4 is 0 Å². The van der Waals surface area contributed by atoms with Crippen LogP contribution in [0.1, 0.15) is 38.8 Å². The van der Waals surface area contributed by atoms with E-state index in [0.29, 0.717) is 5.92 Å². The van der Waals surface area contributed by atoms with E-state index >= 15 is 0 Å². The predicted octanol–water partition coefficient (Wildman–Crippen LogP) is 3.54. The molecule has 0 bridgehead atoms. The van der Waals surface area contributed by atoms with Gasteiger partial charge in [0.25, 0.3) is 0 Å². The van der Waals surface area contributed by atoms with Crippen molar-refractivity contribution in [2.45, 2.75) is 33.2 Å². The van der Waals surface area contributed by atoms with E-state index < -0.39 is 0 Å². The molecule has 1 atom stereocenters. The fourth-order valence-electron chi connectivity index (χ4n) is 1.75. The predicted molar refractivity (Wildman–Crippen MR) is 73.1 cm³/mol. The molecule has 0 amide bonds. The molecule has 0 saturated heterocycles. The van der Waals surface area contributed by atoms with Crippen LogP contribution in [0.2, 0.25) is 0 Å². The third kappa shape index (κ3) is 5.61. The molecule has 1 unspecified atom stereocenters. The van der Waals surface area contributed by atoms with Crippen LogP contribution in [0, 0.1) is 11.7 Å². The molecule has 0 aliphatic carbocycles. The lowest BCUT2D eigenvalue weighted by Gasteiger charge is -2.15. The lowest BCUT2D eigenvalue weighted by atomic mass is 10.1. The zero-order valence-corrected chi connectivity index (χ0v) is 11.6. The Morgan fingerprint density at radius 1 is 1.22 bits per heavy atom. The normalized spacial score (nSPS) is 12.9. The minimum absolute atomic E-state index is 0.0382. The quantitative estimate of drug-likeness (QED) is 0.715. The molecule has 0 saturated carbocycles. The Kier molecular flexibility index (Phi) is 6.91. The highest BCUT2D eigenvalue weighted by Crippen LogP contribution is 2.15. The first-order valence-electron chi connectivity index (χ1n) is 6.66. The minimum atomic E-state index is -0.145. The van der Waals surface area contributed by atoms with Gasteiger partial charge < -0.3 is 10.1 Å². The molecule has 0 aromatic heterocycles. The van der Waals surface area contributed by atoms with Gasteiger partial charge >= 0.3 is 0 Å². The van der Waals surface area contributed by atoms with E-state index in [1.54, 1.807) is 6.07 Å². The van der Waals surface area contributed by atoms with Gasteiger partial charge in [0.2, 0.25) is 0 Å². The summed E-state index contributed by atoms with van der Waals surface area (Å²) < 4.78 is 19.0. The Hall–Kier alpha value is -0.930. The first-order valence-corrected chi connectivity index (χ1v) is 6.66. The second-order valence-corrected chi connectivity index (χ2v) is 5.02. The molecule has 1 rings (SSSR count). The Morgan fingerprint density at radius 2 is 1.94 bits per heavy atom. The number of rotatable bonds is 8. The number of nitrogens with one attached hydrogen (secondary N) is 1. The van der Waals surface area contributed by atoms with Crippen LogP contribution in [0.4, 0.5) is 4.39 Å². The largest absolute Gasteiger partial charge is 0.381 e. The van der Waals surface area contributed by atoms with Crippen molar-refractivity contribution in [3.8, 4) is 0 Å². The fraction of sp³-hybridized carbons (Fsp3) is 0.600. The summed E-state index contributed by atoms with van der Waals surface area (Å²) in [5.41, 5.74) is 0.723. The lowest BCUT2D eigenvalue weighted by Crippen LogP contribution is -2.22. The highest BCUT2D eigenvalue weighted by molar-refractivity contribution is 5.20. The minimum Gasteiger partial charge on any atom is -0.381 e. The molecule has 0 heterocycles. The van der Waals surface area contributed by atoms with Crippen molar-refractivity contribution in [3.05, 3.63) is 35.6 Å². The van der Waals surface area contributed by atoms with E-state index in [-0.39, 0.29) is 11.9 Å². The van der Waals surface area contributed by atoms with Crippen LogP contribution in [0.3, 0.4) is 0 Å². The molecule has 0 fully saturated rings. The van der Waals surface area contributed by atoms with Gasteiger partial charge in [-0.1, -0.05) is 32.0 Å². The van der Waals surface area contributed by atoms with Gasteiger partial charge in [0.1, 0.15) is 5.82 Å². The van der Waals surface area contributed by atoms with Crippen molar-refractivity contribution in [2.24, 2.45) is 5.92 Å². The second-order valence-electron chi connectivity index (χ2n) is 5.02. The standard InChI is InChI=1S/C15H24FNO/c1-12(2)11-18-10-6-9-17-13(3)14-7-4-5-8-15(14)16/h4-5,7-8,12-13,17H,6,9-11H2,1-3H3. The van der Waals surface area contributed by atoms with Crippen LogP contribution in [-0.2, 0) is 4.74 Å². The molecule has 1 N–H and O–H groups in total. The van der Waals surface area contributed by atoms with Gasteiger partial charge in [-0.25, -0.2) is 4.39 Å². The van der Waals surface area contributed by atoms with Crippen molar-refractivity contribution in [3.63, 3.8) is 0 Å². The molecular formula is C15H24FNO. The Labute approximate surface area is 110 Å². The van der Waals surface area contributed by atoms with E-state index in [1.807, 2.05) is 19.1 Å². The highest BCUT2D eigenvalue weighted by Gasteiger charge is 2.08. The zero-order chi connectivity index (χ0) is 13.4. The summed E-state index contributed by atoms with van der Waals surface area (Å²) in [5, 5.41) is 3.31. The van der Waals surface area contributed by atoms with E-state index in [0.717, 1.165) is 31.7 Å². The Balaban J connectivity index is 2.18. The molecule has 18 heavy (non-hydrogen) atoms. The van der Waals surface area contributed by atoms with Crippen molar-refractivity contribution < 1.29 is 9.13 Å². The molecule has 0 spiro atoms. The van der Waals surface area contributed by atoms with E-state index in [1.165, 1.54) is 6.07 Å². The Bertz CT molecular complexity index is 341. The van der Waals surface area contributed by atoms with Crippen molar-refractivity contribution in [1.82, 2.24) is 5.32 Å². The first kappa shape index (κ1) is 15.1. The molecular weight excluding hydrogens is 229 g/mol. The SMILES string of the molecule is CC(C)COCCCNC(C)c1ccccc1F. The third-order valence-electron chi connectivity index (χ3n) is 2.74. The maximum atomic E-state index is 13.5. The monoisotopic (exact) mass is 253 g/mol. The fourth-order valence-corrected chi connectivity index (χ4v) is 1.75. The molecule has 3 heteroatoms. The van der Waals surface area contributed by atoms with E-state index in [4.69, 9.17) is 4.74 Å². The van der Waals surface area contributed by atoms with Gasteiger partial charge in [-0.05, 0) is 31.9 Å². The van der Waals surface area contributed by atoms with Crippen LogP contribution in [0.15, 0.2) is 24.3 Å². The second kappa shape index (κ2) is 8.22. The average molecular weight is 253 g/mol. The lowest BCUT2D eigenvalue weighted by molar-refractivity contribution is 0.107. The average Bonchev–Trinajstić information content (AvgIpc) is 2.33. The van der Waals surface area contributed by atoms with E-state index in [2.05, 4.69) is 19.2 Å². The first-order chi connectivity index (χ1) is 8.61. The third-order valence-corrected chi connectivity index (χ3v) is 2.74. The highest BCUT2D eigenvalue weighted by atomic mass is 19.1. The van der Waals surface area contributed by atoms with Crippen LogP contribution in [0.25, 0.3) is 0 Å². The number of hydrogen-bond acceptors (Lipinski definition) is 2. The Morgan fingerprint density at radius 3 is 2.61 bits per heavy atom. The van der Waals surface area contributed by atoms with E-state index in [9.17, 15) is 4.39 Å². The summed E-state index contributed by atoms with van der Waals surface area (Å²) in [7, 11) is 0.